The van der Waals surface area contributed by atoms with Crippen molar-refractivity contribution >= 4 is 34.9 Å². The van der Waals surface area contributed by atoms with Gasteiger partial charge in [0.25, 0.3) is 0 Å². The molecule has 5 aromatic rings. The van der Waals surface area contributed by atoms with Crippen LogP contribution in [0, 0.1) is 11.8 Å². The van der Waals surface area contributed by atoms with Gasteiger partial charge in [0.05, 0.1) is 61.3 Å². The maximum absolute atomic E-state index is 13.7. The van der Waals surface area contributed by atoms with Crippen molar-refractivity contribution in [2.24, 2.45) is 11.8 Å². The molecule has 3 aromatic heterocycles. The molecule has 2 aromatic carbocycles. The van der Waals surface area contributed by atoms with Crippen molar-refractivity contribution in [1.82, 2.24) is 44.9 Å². The molecule has 0 radical (unpaired) electrons. The van der Waals surface area contributed by atoms with E-state index >= 15 is 0 Å². The third kappa shape index (κ3) is 7.00. The highest BCUT2D eigenvalue weighted by atomic mass is 16.5. The number of carbonyl (C=O) groups is 4. The number of nitrogens with zero attached hydrogens (tertiary/aromatic N) is 5. The Morgan fingerprint density at radius 3 is 1.83 bits per heavy atom. The molecule has 3 aliphatic rings. The lowest BCUT2D eigenvalue weighted by atomic mass is 10.0. The standard InChI is InChI=1S/C42H49N9O7/c1-22(2)34(47-41(54)56-5)39(52)50-14-7-9-29(50)37-43-20-27(45-37)24-11-12-32-31(18-24)49-16-13-25-17-26(19-33(58-32)36(25)49)28-21-44-38(46-28)30-10-8-15-51(30)40(53)35(23(3)4)48-42(55)57-6/h11-13,16-23,29-30,34-35H,7-10,14-15H2,1-6H3,(H,43,45)(H,44,46)(H,47,54)(H,48,55). The van der Waals surface area contributed by atoms with Crippen molar-refractivity contribution in [1.29, 1.82) is 0 Å². The molecule has 0 spiro atoms. The highest BCUT2D eigenvalue weighted by Crippen LogP contribution is 2.45. The summed E-state index contributed by atoms with van der Waals surface area (Å²) >= 11 is 0. The van der Waals surface area contributed by atoms with Crippen molar-refractivity contribution in [3.8, 4) is 39.7 Å². The smallest absolute Gasteiger partial charge is 0.407 e. The van der Waals surface area contributed by atoms with E-state index in [2.05, 4.69) is 43.4 Å². The minimum atomic E-state index is -0.711. The second kappa shape index (κ2) is 15.6. The van der Waals surface area contributed by atoms with Crippen LogP contribution < -0.4 is 15.4 Å². The van der Waals surface area contributed by atoms with Gasteiger partial charge in [-0.25, -0.2) is 19.6 Å². The number of rotatable bonds is 10. The average molecular weight is 792 g/mol. The Bertz CT molecular complexity index is 2380. The van der Waals surface area contributed by atoms with Gasteiger partial charge in [-0.3, -0.25) is 9.59 Å². The lowest BCUT2D eigenvalue weighted by Gasteiger charge is -2.30. The lowest BCUT2D eigenvalue weighted by molar-refractivity contribution is -0.136. The fraction of sp³-hybridized carbons (Fsp3) is 0.429. The molecule has 8 rings (SSSR count). The van der Waals surface area contributed by atoms with Crippen LogP contribution in [0.5, 0.6) is 11.5 Å². The molecule has 16 nitrogen and oxygen atoms in total. The van der Waals surface area contributed by atoms with Crippen LogP contribution in [0.25, 0.3) is 39.1 Å². The van der Waals surface area contributed by atoms with Gasteiger partial charge in [-0.15, -0.1) is 0 Å². The van der Waals surface area contributed by atoms with E-state index in [1.54, 1.807) is 22.2 Å². The number of ether oxygens (including phenoxy) is 3. The van der Waals surface area contributed by atoms with E-state index in [0.717, 1.165) is 64.8 Å². The Labute approximate surface area is 335 Å². The number of imidazole rings is 2. The first-order valence-corrected chi connectivity index (χ1v) is 19.8. The van der Waals surface area contributed by atoms with Crippen LogP contribution in [0.4, 0.5) is 9.59 Å². The van der Waals surface area contributed by atoms with Gasteiger partial charge in [0.2, 0.25) is 11.8 Å². The topological polar surface area (TPSA) is 189 Å². The lowest BCUT2D eigenvalue weighted by Crippen LogP contribution is -2.51. The summed E-state index contributed by atoms with van der Waals surface area (Å²) in [6.45, 7) is 8.73. The van der Waals surface area contributed by atoms with Gasteiger partial charge >= 0.3 is 12.2 Å². The Kier molecular flexibility index (Phi) is 10.3. The summed E-state index contributed by atoms with van der Waals surface area (Å²) < 4.78 is 18.2. The molecule has 0 aliphatic carbocycles. The first kappa shape index (κ1) is 38.5. The Morgan fingerprint density at radius 2 is 1.29 bits per heavy atom. The van der Waals surface area contributed by atoms with Crippen LogP contribution >= 0.6 is 0 Å². The number of hydrogen-bond donors (Lipinski definition) is 4. The highest BCUT2D eigenvalue weighted by molar-refractivity contribution is 5.94. The molecular weight excluding hydrogens is 743 g/mol. The molecule has 2 saturated heterocycles. The Hall–Kier alpha value is -6.32. The molecule has 4 atom stereocenters. The second-order valence-electron chi connectivity index (χ2n) is 15.8. The van der Waals surface area contributed by atoms with Crippen LogP contribution in [0.3, 0.4) is 0 Å². The van der Waals surface area contributed by atoms with E-state index in [1.807, 2.05) is 52.1 Å². The maximum Gasteiger partial charge on any atom is 0.407 e. The van der Waals surface area contributed by atoms with Gasteiger partial charge in [-0.2, -0.15) is 0 Å². The van der Waals surface area contributed by atoms with Gasteiger partial charge in [-0.1, -0.05) is 27.7 Å². The molecule has 4 amide bonds. The summed E-state index contributed by atoms with van der Waals surface area (Å²) in [6, 6.07) is 10.2. The third-order valence-electron chi connectivity index (χ3n) is 11.5. The van der Waals surface area contributed by atoms with Crippen LogP contribution in [-0.2, 0) is 19.1 Å². The number of aromatic amines is 2. The number of H-pyrrole nitrogens is 2. The van der Waals surface area contributed by atoms with Gasteiger partial charge in [0, 0.05) is 35.8 Å². The highest BCUT2D eigenvalue weighted by Gasteiger charge is 2.39. The molecule has 304 valence electrons. The van der Waals surface area contributed by atoms with Gasteiger partial charge in [0.1, 0.15) is 23.7 Å². The van der Waals surface area contributed by atoms with E-state index in [9.17, 15) is 19.2 Å². The zero-order chi connectivity index (χ0) is 40.8. The molecule has 58 heavy (non-hydrogen) atoms. The minimum absolute atomic E-state index is 0.123. The van der Waals surface area contributed by atoms with Crippen LogP contribution in [-0.4, -0.2) is 97.7 Å². The molecular formula is C42H49N9O7. The monoisotopic (exact) mass is 791 g/mol. The van der Waals surface area contributed by atoms with Crippen molar-refractivity contribution in [3.63, 3.8) is 0 Å². The van der Waals surface area contributed by atoms with Crippen LogP contribution in [0.1, 0.15) is 77.1 Å². The average Bonchev–Trinajstić information content (AvgIpc) is 4.07. The molecule has 4 unspecified atom stereocenters. The Balaban J connectivity index is 1.01. The summed E-state index contributed by atoms with van der Waals surface area (Å²) in [6.07, 6.45) is 7.51. The molecule has 0 saturated carbocycles. The number of benzene rings is 2. The van der Waals surface area contributed by atoms with Crippen molar-refractivity contribution in [3.05, 3.63) is 66.6 Å². The van der Waals surface area contributed by atoms with Crippen LogP contribution in [0.2, 0.25) is 0 Å². The summed E-state index contributed by atoms with van der Waals surface area (Å²) in [7, 11) is 2.57. The van der Waals surface area contributed by atoms with Crippen molar-refractivity contribution in [2.75, 3.05) is 27.3 Å². The second-order valence-corrected chi connectivity index (χ2v) is 15.8. The summed E-state index contributed by atoms with van der Waals surface area (Å²) in [5, 5.41) is 6.39. The normalized spacial score (nSPS) is 18.3. The first-order chi connectivity index (χ1) is 27.9. The number of fused-ring (bicyclic) bond motifs is 2. The van der Waals surface area contributed by atoms with E-state index in [-0.39, 0.29) is 35.7 Å². The van der Waals surface area contributed by atoms with Gasteiger partial charge < -0.3 is 49.2 Å². The van der Waals surface area contributed by atoms with Crippen LogP contribution in [0.15, 0.2) is 55.0 Å². The predicted molar refractivity (Wildman–Crippen MR) is 214 cm³/mol. The fourth-order valence-electron chi connectivity index (χ4n) is 8.45. The maximum atomic E-state index is 13.7. The molecule has 3 aliphatic heterocycles. The molecule has 2 fully saturated rings. The number of amides is 4. The van der Waals surface area contributed by atoms with Crippen molar-refractivity contribution < 1.29 is 33.4 Å². The zero-order valence-electron chi connectivity index (χ0n) is 33.5. The number of aromatic nitrogens is 5. The number of hydrogen-bond acceptors (Lipinski definition) is 9. The molecule has 16 heteroatoms. The largest absolute Gasteiger partial charge is 0.453 e. The predicted octanol–water partition coefficient (Wildman–Crippen LogP) is 6.60. The first-order valence-electron chi connectivity index (χ1n) is 19.8. The summed E-state index contributed by atoms with van der Waals surface area (Å²) in [5.41, 5.74) is 5.24. The molecule has 0 bridgehead atoms. The van der Waals surface area contributed by atoms with E-state index in [1.165, 1.54) is 14.2 Å². The van der Waals surface area contributed by atoms with Gasteiger partial charge in [0.15, 0.2) is 11.5 Å². The zero-order valence-corrected chi connectivity index (χ0v) is 33.5. The summed E-state index contributed by atoms with van der Waals surface area (Å²) in [5.74, 6) is 2.23. The number of likely N-dealkylation sites (tertiary alicyclic amines) is 2. The SMILES string of the molecule is COC(=O)NC(C(=O)N1CCCC1c1ncc(-c2ccc3c(c2)-n2ccc4cc(-c5cnc(C6CCCN6C(=O)C(NC(=O)OC)C(C)C)[nH]5)cc(c42)O3)[nH]1)C(C)C. The van der Waals surface area contributed by atoms with E-state index in [0.29, 0.717) is 36.2 Å². The van der Waals surface area contributed by atoms with Crippen molar-refractivity contribution in [2.45, 2.75) is 77.5 Å². The fourth-order valence-corrected chi connectivity index (χ4v) is 8.45. The molecule has 4 N–H and O–H groups in total. The quantitative estimate of drug-likeness (QED) is 0.118. The third-order valence-corrected chi connectivity index (χ3v) is 11.5. The number of carbonyl (C=O) groups excluding carboxylic acids is 4. The number of methoxy groups -OCH3 is 2. The molecule has 6 heterocycles. The Morgan fingerprint density at radius 1 is 0.741 bits per heavy atom. The van der Waals surface area contributed by atoms with E-state index < -0.39 is 24.3 Å². The number of alkyl carbamates (subject to hydrolysis) is 2. The van der Waals surface area contributed by atoms with E-state index in [4.69, 9.17) is 24.2 Å². The summed E-state index contributed by atoms with van der Waals surface area (Å²) in [4.78, 5) is 71.4. The minimum Gasteiger partial charge on any atom is -0.453 e. The number of nitrogens with one attached hydrogen (secondary N) is 4. The van der Waals surface area contributed by atoms with Gasteiger partial charge in [-0.05, 0) is 73.9 Å².